The van der Waals surface area contributed by atoms with Crippen molar-refractivity contribution in [1.29, 1.82) is 0 Å². The molecule has 1 fully saturated rings. The van der Waals surface area contributed by atoms with Crippen molar-refractivity contribution in [2.75, 3.05) is 32.9 Å². The number of rotatable bonds is 5. The Labute approximate surface area is 120 Å². The zero-order valence-corrected chi connectivity index (χ0v) is 12.2. The van der Waals surface area contributed by atoms with Crippen molar-refractivity contribution >= 4 is 17.2 Å². The minimum atomic E-state index is 0.762. The highest BCUT2D eigenvalue weighted by molar-refractivity contribution is 7.80. The summed E-state index contributed by atoms with van der Waals surface area (Å²) in [6, 6.07) is 8.08. The molecule has 1 aromatic rings. The van der Waals surface area contributed by atoms with Gasteiger partial charge in [-0.15, -0.1) is 0 Å². The molecule has 0 radical (unpaired) electrons. The second-order valence-electron chi connectivity index (χ2n) is 4.63. The summed E-state index contributed by atoms with van der Waals surface area (Å²) in [7, 11) is 0. The number of hydrogen-bond donors (Lipinski definition) is 0. The Bertz CT molecular complexity index is 399. The molecule has 0 amide bonds. The van der Waals surface area contributed by atoms with Gasteiger partial charge in [-0.25, -0.2) is 0 Å². The quantitative estimate of drug-likeness (QED) is 0.610. The maximum Gasteiger partial charge on any atom is 0.119 e. The predicted octanol–water partition coefficient (Wildman–Crippen LogP) is 2.87. The van der Waals surface area contributed by atoms with Crippen LogP contribution in [0.1, 0.15) is 25.3 Å². The van der Waals surface area contributed by atoms with Crippen LogP contribution in [0.2, 0.25) is 0 Å². The van der Waals surface area contributed by atoms with E-state index < -0.39 is 0 Å². The second kappa shape index (κ2) is 7.46. The van der Waals surface area contributed by atoms with Crippen LogP contribution in [0, 0.1) is 0 Å². The van der Waals surface area contributed by atoms with Gasteiger partial charge in [-0.3, -0.25) is 0 Å². The molecule has 0 spiro atoms. The van der Waals surface area contributed by atoms with Gasteiger partial charge in [0.05, 0.1) is 19.8 Å². The minimum absolute atomic E-state index is 0.762. The normalized spacial score (nSPS) is 15.3. The van der Waals surface area contributed by atoms with E-state index in [0.29, 0.717) is 0 Å². The number of hydrogen-bond acceptors (Lipinski definition) is 3. The lowest BCUT2D eigenvalue weighted by Crippen LogP contribution is -2.40. The SMILES string of the molecule is CCCCOc1ccc(C(=S)N2CCOCC2)cc1. The predicted molar refractivity (Wildman–Crippen MR) is 80.9 cm³/mol. The number of ether oxygens (including phenoxy) is 2. The third-order valence-electron chi connectivity index (χ3n) is 3.17. The van der Waals surface area contributed by atoms with Gasteiger partial charge in [0.1, 0.15) is 10.7 Å². The highest BCUT2D eigenvalue weighted by Gasteiger charge is 2.14. The van der Waals surface area contributed by atoms with E-state index in [2.05, 4.69) is 11.8 Å². The Kier molecular flexibility index (Phi) is 5.61. The average molecular weight is 279 g/mol. The van der Waals surface area contributed by atoms with Gasteiger partial charge in [0, 0.05) is 18.7 Å². The van der Waals surface area contributed by atoms with Gasteiger partial charge in [-0.05, 0) is 30.7 Å². The van der Waals surface area contributed by atoms with E-state index in [1.807, 2.05) is 24.3 Å². The van der Waals surface area contributed by atoms with Crippen LogP contribution in [-0.4, -0.2) is 42.8 Å². The van der Waals surface area contributed by atoms with E-state index in [1.54, 1.807) is 0 Å². The lowest BCUT2D eigenvalue weighted by Gasteiger charge is -2.29. The summed E-state index contributed by atoms with van der Waals surface area (Å²) < 4.78 is 11.0. The van der Waals surface area contributed by atoms with E-state index in [1.165, 1.54) is 0 Å². The zero-order valence-electron chi connectivity index (χ0n) is 11.4. The number of morpholine rings is 1. The molecule has 1 aliphatic rings. The van der Waals surface area contributed by atoms with E-state index in [4.69, 9.17) is 21.7 Å². The molecule has 2 rings (SSSR count). The first-order chi connectivity index (χ1) is 9.31. The van der Waals surface area contributed by atoms with Crippen LogP contribution in [-0.2, 0) is 4.74 Å². The van der Waals surface area contributed by atoms with Gasteiger partial charge in [0.2, 0.25) is 0 Å². The molecule has 1 saturated heterocycles. The van der Waals surface area contributed by atoms with Crippen LogP contribution in [0.15, 0.2) is 24.3 Å². The van der Waals surface area contributed by atoms with Crippen LogP contribution in [0.3, 0.4) is 0 Å². The maximum atomic E-state index is 5.65. The lowest BCUT2D eigenvalue weighted by molar-refractivity contribution is 0.0693. The lowest BCUT2D eigenvalue weighted by atomic mass is 10.2. The van der Waals surface area contributed by atoms with E-state index >= 15 is 0 Å². The Morgan fingerprint density at radius 2 is 1.95 bits per heavy atom. The molecule has 0 aromatic heterocycles. The van der Waals surface area contributed by atoms with Gasteiger partial charge < -0.3 is 14.4 Å². The first-order valence-electron chi connectivity index (χ1n) is 6.91. The third kappa shape index (κ3) is 4.18. The monoisotopic (exact) mass is 279 g/mol. The van der Waals surface area contributed by atoms with Crippen LogP contribution in [0.25, 0.3) is 0 Å². The molecule has 19 heavy (non-hydrogen) atoms. The van der Waals surface area contributed by atoms with Crippen molar-refractivity contribution in [2.45, 2.75) is 19.8 Å². The van der Waals surface area contributed by atoms with Gasteiger partial charge in [0.15, 0.2) is 0 Å². The van der Waals surface area contributed by atoms with Crippen molar-refractivity contribution in [3.63, 3.8) is 0 Å². The number of nitrogens with zero attached hydrogens (tertiary/aromatic N) is 1. The zero-order chi connectivity index (χ0) is 13.5. The van der Waals surface area contributed by atoms with Crippen LogP contribution in [0.5, 0.6) is 5.75 Å². The first-order valence-corrected chi connectivity index (χ1v) is 7.32. The molecule has 4 heteroatoms. The molecule has 3 nitrogen and oxygen atoms in total. The summed E-state index contributed by atoms with van der Waals surface area (Å²) >= 11 is 5.52. The number of benzene rings is 1. The number of thiocarbonyl (C=S) groups is 1. The molecule has 1 heterocycles. The van der Waals surface area contributed by atoms with Gasteiger partial charge in [-0.2, -0.15) is 0 Å². The van der Waals surface area contributed by atoms with Gasteiger partial charge in [0.25, 0.3) is 0 Å². The molecule has 1 aromatic carbocycles. The second-order valence-corrected chi connectivity index (χ2v) is 5.02. The number of unbranched alkanes of at least 4 members (excludes halogenated alkanes) is 1. The molecule has 104 valence electrons. The smallest absolute Gasteiger partial charge is 0.119 e. The molecular formula is C15H21NO2S. The van der Waals surface area contributed by atoms with E-state index in [9.17, 15) is 0 Å². The van der Waals surface area contributed by atoms with Gasteiger partial charge in [-0.1, -0.05) is 25.6 Å². The van der Waals surface area contributed by atoms with Crippen LogP contribution < -0.4 is 4.74 Å². The molecule has 0 unspecified atom stereocenters. The molecule has 0 N–H and O–H groups in total. The molecule has 0 atom stereocenters. The van der Waals surface area contributed by atoms with Crippen molar-refractivity contribution in [2.24, 2.45) is 0 Å². The Morgan fingerprint density at radius 3 is 2.58 bits per heavy atom. The Hall–Kier alpha value is -1.13. The highest BCUT2D eigenvalue weighted by Crippen LogP contribution is 2.15. The summed E-state index contributed by atoms with van der Waals surface area (Å²) in [6.45, 7) is 6.23. The third-order valence-corrected chi connectivity index (χ3v) is 3.66. The maximum absolute atomic E-state index is 5.65. The summed E-state index contributed by atoms with van der Waals surface area (Å²) in [5.41, 5.74) is 1.08. The first kappa shape index (κ1) is 14.3. The van der Waals surface area contributed by atoms with Gasteiger partial charge >= 0.3 is 0 Å². The van der Waals surface area contributed by atoms with Crippen LogP contribution >= 0.6 is 12.2 Å². The van der Waals surface area contributed by atoms with Crippen molar-refractivity contribution < 1.29 is 9.47 Å². The van der Waals surface area contributed by atoms with Crippen molar-refractivity contribution in [3.05, 3.63) is 29.8 Å². The fraction of sp³-hybridized carbons (Fsp3) is 0.533. The van der Waals surface area contributed by atoms with Crippen LogP contribution in [0.4, 0.5) is 0 Å². The minimum Gasteiger partial charge on any atom is -0.494 e. The van der Waals surface area contributed by atoms with E-state index in [-0.39, 0.29) is 0 Å². The summed E-state index contributed by atoms with van der Waals surface area (Å²) in [5, 5.41) is 0. The van der Waals surface area contributed by atoms with E-state index in [0.717, 1.165) is 62.1 Å². The Balaban J connectivity index is 1.91. The molecule has 1 aliphatic heterocycles. The average Bonchev–Trinajstić information content (AvgIpc) is 2.48. The summed E-state index contributed by atoms with van der Waals surface area (Å²) in [6.07, 6.45) is 2.24. The topological polar surface area (TPSA) is 21.7 Å². The standard InChI is InChI=1S/C15H21NO2S/c1-2-3-10-18-14-6-4-13(5-7-14)15(19)16-8-11-17-12-9-16/h4-7H,2-3,8-12H2,1H3. The molecule has 0 aliphatic carbocycles. The van der Waals surface area contributed by atoms with Crippen molar-refractivity contribution in [1.82, 2.24) is 4.90 Å². The van der Waals surface area contributed by atoms with Crippen molar-refractivity contribution in [3.8, 4) is 5.75 Å². The summed E-state index contributed by atoms with van der Waals surface area (Å²) in [5.74, 6) is 0.918. The highest BCUT2D eigenvalue weighted by atomic mass is 32.1. The summed E-state index contributed by atoms with van der Waals surface area (Å²) in [4.78, 5) is 3.11. The fourth-order valence-corrected chi connectivity index (χ4v) is 2.30. The molecular weight excluding hydrogens is 258 g/mol. The largest absolute Gasteiger partial charge is 0.494 e. The molecule has 0 bridgehead atoms. The molecule has 0 saturated carbocycles. The fourth-order valence-electron chi connectivity index (χ4n) is 1.98. The Morgan fingerprint density at radius 1 is 1.26 bits per heavy atom.